The van der Waals surface area contributed by atoms with Gasteiger partial charge in [0, 0.05) is 17.0 Å². The van der Waals surface area contributed by atoms with Gasteiger partial charge in [-0.25, -0.2) is 14.5 Å². The van der Waals surface area contributed by atoms with E-state index in [1.165, 1.54) is 12.5 Å². The van der Waals surface area contributed by atoms with Gasteiger partial charge in [0.1, 0.15) is 18.2 Å². The van der Waals surface area contributed by atoms with Gasteiger partial charge in [-0.05, 0) is 74.5 Å². The lowest BCUT2D eigenvalue weighted by Crippen LogP contribution is -2.66. The number of benzene rings is 1. The Labute approximate surface area is 179 Å². The van der Waals surface area contributed by atoms with E-state index in [4.69, 9.17) is 4.42 Å². The summed E-state index contributed by atoms with van der Waals surface area (Å²) < 4.78 is 7.40. The summed E-state index contributed by atoms with van der Waals surface area (Å²) in [4.78, 5) is 29.5. The van der Waals surface area contributed by atoms with Gasteiger partial charge in [-0.15, -0.1) is 0 Å². The maximum absolute atomic E-state index is 13.2. The highest BCUT2D eigenvalue weighted by Crippen LogP contribution is 2.60. The lowest BCUT2D eigenvalue weighted by atomic mass is 9.50. The maximum atomic E-state index is 13.2. The molecule has 0 aliphatic heterocycles. The van der Waals surface area contributed by atoms with E-state index in [0.29, 0.717) is 17.4 Å². The Balaban J connectivity index is 1.28. The van der Waals surface area contributed by atoms with E-state index < -0.39 is 5.63 Å². The Bertz CT molecular complexity index is 1220. The van der Waals surface area contributed by atoms with E-state index in [-0.39, 0.29) is 23.4 Å². The molecule has 2 aromatic heterocycles. The van der Waals surface area contributed by atoms with Gasteiger partial charge in [0.2, 0.25) is 5.91 Å². The average molecular weight is 418 g/mol. The van der Waals surface area contributed by atoms with E-state index in [9.17, 15) is 9.59 Å². The summed E-state index contributed by atoms with van der Waals surface area (Å²) in [6.45, 7) is 1.96. The van der Waals surface area contributed by atoms with E-state index in [1.807, 2.05) is 36.1 Å². The molecule has 2 heterocycles. The van der Waals surface area contributed by atoms with Crippen molar-refractivity contribution in [2.45, 2.75) is 62.9 Å². The zero-order valence-corrected chi connectivity index (χ0v) is 17.6. The van der Waals surface area contributed by atoms with Gasteiger partial charge < -0.3 is 9.73 Å². The molecule has 0 radical (unpaired) electrons. The molecule has 1 N–H and O–H groups in total. The van der Waals surface area contributed by atoms with E-state index in [2.05, 4.69) is 15.4 Å². The van der Waals surface area contributed by atoms with Crippen molar-refractivity contribution < 1.29 is 9.21 Å². The summed E-state index contributed by atoms with van der Waals surface area (Å²) in [5.41, 5.74) is 1.63. The molecule has 2 atom stereocenters. The standard InChI is InChI=1S/C24H26N4O3/c1-15-2-3-19-18(7-22(30)31-20(19)4-15)6-21(29)27-23-8-16-5-17(9-23)11-24(10-16,12-23)28-14-25-13-26-28/h2-4,7,13-14,16-17H,5-6,8-12H2,1H3,(H,27,29). The molecular weight excluding hydrogens is 392 g/mol. The van der Waals surface area contributed by atoms with Crippen molar-refractivity contribution in [2.24, 2.45) is 11.8 Å². The molecule has 1 aromatic carbocycles. The van der Waals surface area contributed by atoms with Crippen LogP contribution in [0.1, 0.15) is 49.7 Å². The number of fused-ring (bicyclic) bond motifs is 1. The molecule has 7 rings (SSSR count). The summed E-state index contributed by atoms with van der Waals surface area (Å²) in [6.07, 6.45) is 10.1. The molecular formula is C24H26N4O3. The first-order valence-electron chi connectivity index (χ1n) is 11.1. The van der Waals surface area contributed by atoms with Crippen molar-refractivity contribution in [1.29, 1.82) is 0 Å². The van der Waals surface area contributed by atoms with Gasteiger partial charge in [0.25, 0.3) is 0 Å². The van der Waals surface area contributed by atoms with Crippen LogP contribution in [-0.2, 0) is 16.8 Å². The third-order valence-corrected chi connectivity index (χ3v) is 7.68. The van der Waals surface area contributed by atoms with Gasteiger partial charge in [-0.2, -0.15) is 5.10 Å². The Morgan fingerprint density at radius 2 is 2.03 bits per heavy atom. The summed E-state index contributed by atoms with van der Waals surface area (Å²) in [6, 6.07) is 7.21. The molecule has 3 aromatic rings. The molecule has 31 heavy (non-hydrogen) atoms. The molecule has 4 aliphatic rings. The molecule has 0 saturated heterocycles. The molecule has 7 nitrogen and oxygen atoms in total. The van der Waals surface area contributed by atoms with Gasteiger partial charge in [-0.1, -0.05) is 12.1 Å². The predicted molar refractivity (Wildman–Crippen MR) is 114 cm³/mol. The fraction of sp³-hybridized carbons (Fsp3) is 0.500. The largest absolute Gasteiger partial charge is 0.423 e. The summed E-state index contributed by atoms with van der Waals surface area (Å²) in [5, 5.41) is 8.73. The van der Waals surface area contributed by atoms with Crippen molar-refractivity contribution in [2.75, 3.05) is 0 Å². The first kappa shape index (κ1) is 18.8. The SMILES string of the molecule is Cc1ccc2c(CC(=O)NC34CC5CC(C3)CC(n3cncn3)(C5)C4)cc(=O)oc2c1. The van der Waals surface area contributed by atoms with Crippen molar-refractivity contribution in [3.05, 3.63) is 58.5 Å². The Kier molecular flexibility index (Phi) is 3.95. The van der Waals surface area contributed by atoms with Gasteiger partial charge >= 0.3 is 5.63 Å². The highest BCUT2D eigenvalue weighted by atomic mass is 16.4. The highest BCUT2D eigenvalue weighted by molar-refractivity contribution is 5.87. The topological polar surface area (TPSA) is 90.0 Å². The quantitative estimate of drug-likeness (QED) is 0.658. The van der Waals surface area contributed by atoms with Crippen LogP contribution in [0.5, 0.6) is 0 Å². The molecule has 160 valence electrons. The highest BCUT2D eigenvalue weighted by Gasteiger charge is 2.59. The predicted octanol–water partition coefficient (Wildman–Crippen LogP) is 3.10. The fourth-order valence-electron chi connectivity index (χ4n) is 7.08. The molecule has 1 amide bonds. The zero-order chi connectivity index (χ0) is 21.2. The minimum Gasteiger partial charge on any atom is -0.423 e. The Morgan fingerprint density at radius 1 is 1.23 bits per heavy atom. The fourth-order valence-corrected chi connectivity index (χ4v) is 7.08. The minimum atomic E-state index is -0.416. The molecule has 7 heteroatoms. The number of rotatable bonds is 4. The number of nitrogens with zero attached hydrogens (tertiary/aromatic N) is 3. The number of aromatic nitrogens is 3. The molecule has 0 spiro atoms. The Hall–Kier alpha value is -2.96. The third-order valence-electron chi connectivity index (χ3n) is 7.68. The number of aryl methyl sites for hydroxylation is 1. The molecule has 2 unspecified atom stereocenters. The Morgan fingerprint density at radius 3 is 2.77 bits per heavy atom. The second-order valence-corrected chi connectivity index (χ2v) is 10.1. The summed E-state index contributed by atoms with van der Waals surface area (Å²) >= 11 is 0. The average Bonchev–Trinajstić information content (AvgIpc) is 3.21. The number of amides is 1. The minimum absolute atomic E-state index is 0.0248. The maximum Gasteiger partial charge on any atom is 0.336 e. The van der Waals surface area contributed by atoms with Crippen LogP contribution >= 0.6 is 0 Å². The van der Waals surface area contributed by atoms with E-state index >= 15 is 0 Å². The van der Waals surface area contributed by atoms with Crippen molar-refractivity contribution in [3.8, 4) is 0 Å². The molecule has 4 bridgehead atoms. The van der Waals surface area contributed by atoms with Crippen LogP contribution in [0, 0.1) is 18.8 Å². The number of hydrogen-bond acceptors (Lipinski definition) is 5. The normalized spacial score (nSPS) is 31.3. The smallest absolute Gasteiger partial charge is 0.336 e. The van der Waals surface area contributed by atoms with Crippen molar-refractivity contribution in [3.63, 3.8) is 0 Å². The number of carbonyl (C=O) groups excluding carboxylic acids is 1. The number of nitrogens with one attached hydrogen (secondary N) is 1. The van der Waals surface area contributed by atoms with Crippen molar-refractivity contribution >= 4 is 16.9 Å². The van der Waals surface area contributed by atoms with E-state index in [0.717, 1.165) is 48.6 Å². The third kappa shape index (κ3) is 3.09. The van der Waals surface area contributed by atoms with Gasteiger partial charge in [-0.3, -0.25) is 4.79 Å². The summed E-state index contributed by atoms with van der Waals surface area (Å²) in [7, 11) is 0. The summed E-state index contributed by atoms with van der Waals surface area (Å²) in [5.74, 6) is 1.19. The first-order chi connectivity index (χ1) is 14.9. The van der Waals surface area contributed by atoms with Crippen LogP contribution in [-0.4, -0.2) is 26.2 Å². The van der Waals surface area contributed by atoms with Crippen LogP contribution in [0.4, 0.5) is 0 Å². The van der Waals surface area contributed by atoms with Crippen LogP contribution in [0.25, 0.3) is 11.0 Å². The molecule has 4 aliphatic carbocycles. The second-order valence-electron chi connectivity index (χ2n) is 10.1. The molecule has 4 fully saturated rings. The van der Waals surface area contributed by atoms with Crippen molar-refractivity contribution in [1.82, 2.24) is 20.1 Å². The number of carbonyl (C=O) groups is 1. The lowest BCUT2D eigenvalue weighted by molar-refractivity contribution is -0.130. The molecule has 4 saturated carbocycles. The first-order valence-corrected chi connectivity index (χ1v) is 11.1. The van der Waals surface area contributed by atoms with Crippen LogP contribution in [0.3, 0.4) is 0 Å². The monoisotopic (exact) mass is 418 g/mol. The van der Waals surface area contributed by atoms with Crippen LogP contribution in [0.2, 0.25) is 0 Å². The van der Waals surface area contributed by atoms with Gasteiger partial charge in [0.05, 0.1) is 12.0 Å². The second kappa shape index (κ2) is 6.52. The zero-order valence-electron chi connectivity index (χ0n) is 17.6. The van der Waals surface area contributed by atoms with Crippen LogP contribution < -0.4 is 10.9 Å². The van der Waals surface area contributed by atoms with Crippen LogP contribution in [0.15, 0.2) is 46.1 Å². The van der Waals surface area contributed by atoms with E-state index in [1.54, 1.807) is 6.33 Å². The number of hydrogen-bond donors (Lipinski definition) is 1. The van der Waals surface area contributed by atoms with Gasteiger partial charge in [0.15, 0.2) is 0 Å². The lowest BCUT2D eigenvalue weighted by Gasteiger charge is -2.61.